The Hall–Kier alpha value is -6.24. The summed E-state index contributed by atoms with van der Waals surface area (Å²) in [5.41, 5.74) is 7.02. The lowest BCUT2D eigenvalue weighted by Gasteiger charge is -2.35. The Bertz CT molecular complexity index is 3000. The van der Waals surface area contributed by atoms with Gasteiger partial charge in [-0.05, 0) is 122 Å². The van der Waals surface area contributed by atoms with Gasteiger partial charge < -0.3 is 19.4 Å². The molecule has 2 amide bonds. The number of imidazole rings is 2. The second-order valence-electron chi connectivity index (χ2n) is 16.3. The summed E-state index contributed by atoms with van der Waals surface area (Å²) in [6.07, 6.45) is 4.97. The Labute approximate surface area is 391 Å². The zero-order valence-electron chi connectivity index (χ0n) is 36.9. The number of carbonyl (C=O) groups is 2. The molecule has 0 aliphatic carbocycles. The number of hydrogen-bond acceptors (Lipinski definition) is 11. The largest absolute Gasteiger partial charge is 0.444 e. The molecule has 7 heterocycles. The first kappa shape index (κ1) is 45.3. The van der Waals surface area contributed by atoms with Crippen LogP contribution in [0, 0.1) is 11.6 Å². The summed E-state index contributed by atoms with van der Waals surface area (Å²) in [7, 11) is 3.93. The minimum absolute atomic E-state index is 0.0465. The second-order valence-corrected chi connectivity index (χ2v) is 18.9. The van der Waals surface area contributed by atoms with Crippen molar-refractivity contribution in [3.63, 3.8) is 0 Å². The molecule has 0 N–H and O–H groups in total. The third-order valence-corrected chi connectivity index (χ3v) is 12.9. The van der Waals surface area contributed by atoms with Crippen LogP contribution in [0.3, 0.4) is 0 Å². The van der Waals surface area contributed by atoms with E-state index in [1.165, 1.54) is 40.5 Å². The van der Waals surface area contributed by atoms with Crippen molar-refractivity contribution in [2.75, 3.05) is 48.4 Å². The van der Waals surface area contributed by atoms with E-state index < -0.39 is 11.7 Å². The Kier molecular flexibility index (Phi) is 13.0. The molecule has 0 unspecified atom stereocenters. The van der Waals surface area contributed by atoms with Crippen molar-refractivity contribution in [1.82, 2.24) is 33.6 Å². The summed E-state index contributed by atoms with van der Waals surface area (Å²) < 4.78 is 37.0. The molecule has 1 fully saturated rings. The topological polar surface area (TPSA) is 117 Å². The highest BCUT2D eigenvalue weighted by Crippen LogP contribution is 2.36. The maximum absolute atomic E-state index is 13.4. The summed E-state index contributed by atoms with van der Waals surface area (Å²) in [4.78, 5) is 51.8. The van der Waals surface area contributed by atoms with Crippen molar-refractivity contribution in [2.24, 2.45) is 0 Å². The molecule has 9 rings (SSSR count). The zero-order valence-corrected chi connectivity index (χ0v) is 40.1. The predicted octanol–water partition coefficient (Wildman–Crippen LogP) is 11.2. The lowest BCUT2D eigenvalue weighted by molar-refractivity contribution is -0.121. The Morgan fingerprint density at radius 2 is 1.22 bits per heavy atom. The van der Waals surface area contributed by atoms with Crippen LogP contribution in [0.1, 0.15) is 46.0 Å². The van der Waals surface area contributed by atoms with E-state index in [1.807, 2.05) is 77.7 Å². The van der Waals surface area contributed by atoms with Crippen molar-refractivity contribution < 1.29 is 23.1 Å². The first-order valence-electron chi connectivity index (χ1n) is 21.0. The molecule has 13 nitrogen and oxygen atoms in total. The van der Waals surface area contributed by atoms with E-state index in [4.69, 9.17) is 24.7 Å². The molecule has 6 aromatic heterocycles. The van der Waals surface area contributed by atoms with Crippen LogP contribution in [0.5, 0.6) is 0 Å². The first-order chi connectivity index (χ1) is 31.1. The van der Waals surface area contributed by atoms with Crippen LogP contribution in [0.15, 0.2) is 100 Å². The molecule has 0 spiro atoms. The number of benzene rings is 2. The Morgan fingerprint density at radius 3 is 1.69 bits per heavy atom. The smallest absolute Gasteiger partial charge is 0.410 e. The lowest BCUT2D eigenvalue weighted by atomic mass is 10.2. The molecule has 1 aliphatic rings. The van der Waals surface area contributed by atoms with Crippen LogP contribution < -0.4 is 14.7 Å². The van der Waals surface area contributed by atoms with Gasteiger partial charge in [-0.3, -0.25) is 18.5 Å². The van der Waals surface area contributed by atoms with Crippen molar-refractivity contribution in [1.29, 1.82) is 0 Å². The molecule has 8 aromatic rings. The highest BCUT2D eigenvalue weighted by Gasteiger charge is 2.32. The fraction of sp³-hybridized carbons (Fsp3) is 0.277. The van der Waals surface area contributed by atoms with Gasteiger partial charge in [0.2, 0.25) is 5.91 Å². The van der Waals surface area contributed by atoms with Gasteiger partial charge in [-0.1, -0.05) is 13.8 Å². The molecule has 0 radical (unpaired) electrons. The quantitative estimate of drug-likeness (QED) is 0.139. The van der Waals surface area contributed by atoms with E-state index in [-0.39, 0.29) is 24.1 Å². The van der Waals surface area contributed by atoms with E-state index >= 15 is 0 Å². The van der Waals surface area contributed by atoms with E-state index in [0.717, 1.165) is 83.7 Å². The van der Waals surface area contributed by atoms with E-state index in [2.05, 4.69) is 32.2 Å². The molecule has 1 saturated heterocycles. The molecule has 336 valence electrons. The van der Waals surface area contributed by atoms with Crippen LogP contribution in [0.4, 0.5) is 41.2 Å². The average Bonchev–Trinajstić information content (AvgIpc) is 4.11. The molecular weight excluding hydrogens is 935 g/mol. The van der Waals surface area contributed by atoms with Crippen molar-refractivity contribution in [2.45, 2.75) is 53.1 Å². The maximum atomic E-state index is 13.4. The molecule has 65 heavy (non-hydrogen) atoms. The zero-order chi connectivity index (χ0) is 46.2. The van der Waals surface area contributed by atoms with Crippen molar-refractivity contribution >= 4 is 89.5 Å². The van der Waals surface area contributed by atoms with Gasteiger partial charge >= 0.3 is 6.09 Å². The number of nitrogens with zero attached hydrogens (tertiary/aromatic N) is 10. The van der Waals surface area contributed by atoms with Gasteiger partial charge in [-0.25, -0.2) is 33.5 Å². The van der Waals surface area contributed by atoms with Crippen LogP contribution in [0.25, 0.3) is 33.8 Å². The number of anilines is 5. The first-order valence-corrected chi connectivity index (χ1v) is 23.5. The lowest BCUT2D eigenvalue weighted by Crippen LogP contribution is -2.53. The average molecular weight is 982 g/mol. The number of amides is 2. The molecule has 2 aromatic carbocycles. The van der Waals surface area contributed by atoms with Gasteiger partial charge in [-0.2, -0.15) is 0 Å². The molecule has 1 aliphatic heterocycles. The monoisotopic (exact) mass is 980 g/mol. The standard InChI is InChI=1S/C28H31FN6O3S.C19H16BrFN4S/c1-6-21-25(32(5)26-31-22(17-39-26)18-7-9-19(29)10-8-18)35-15-20(11-12-23(35)30-21)34-14-13-33(16-24(34)36)27(37)38-28(2,3)4;1-3-15-18(25-10-13(20)6-9-17(25)22-15)24(2)19-23-16(11-26-19)12-4-7-14(21)8-5-12/h7-12,15,17H,6,13-14,16H2,1-5H3;4-11H,3H2,1-2H3. The van der Waals surface area contributed by atoms with E-state index in [1.54, 1.807) is 61.3 Å². The van der Waals surface area contributed by atoms with E-state index in [9.17, 15) is 18.4 Å². The number of ether oxygens (including phenoxy) is 1. The fourth-order valence-electron chi connectivity index (χ4n) is 7.42. The third kappa shape index (κ3) is 9.74. The molecular formula is C47H47BrF2N10O3S2. The Morgan fingerprint density at radius 1 is 0.723 bits per heavy atom. The normalized spacial score (nSPS) is 13.0. The van der Waals surface area contributed by atoms with Gasteiger partial charge in [0.25, 0.3) is 0 Å². The minimum atomic E-state index is -0.625. The van der Waals surface area contributed by atoms with Gasteiger partial charge in [0.15, 0.2) is 10.3 Å². The number of pyridine rings is 2. The second kappa shape index (κ2) is 18.7. The summed E-state index contributed by atoms with van der Waals surface area (Å²) in [6.45, 7) is 10.2. The number of aryl methyl sites for hydroxylation is 2. The molecule has 0 saturated carbocycles. The van der Waals surface area contributed by atoms with Gasteiger partial charge in [0, 0.05) is 65.9 Å². The molecule has 18 heteroatoms. The molecule has 0 bridgehead atoms. The van der Waals surface area contributed by atoms with E-state index in [0.29, 0.717) is 19.5 Å². The number of rotatable bonds is 9. The Balaban J connectivity index is 0.000000192. The van der Waals surface area contributed by atoms with Crippen molar-refractivity contribution in [3.05, 3.63) is 123 Å². The van der Waals surface area contributed by atoms with Crippen LogP contribution in [-0.2, 0) is 22.4 Å². The predicted molar refractivity (Wildman–Crippen MR) is 258 cm³/mol. The van der Waals surface area contributed by atoms with Crippen LogP contribution in [0.2, 0.25) is 0 Å². The number of carbonyl (C=O) groups excluding carboxylic acids is 2. The highest BCUT2D eigenvalue weighted by atomic mass is 79.9. The maximum Gasteiger partial charge on any atom is 0.410 e. The third-order valence-electron chi connectivity index (χ3n) is 10.6. The van der Waals surface area contributed by atoms with Gasteiger partial charge in [-0.15, -0.1) is 22.7 Å². The minimum Gasteiger partial charge on any atom is -0.444 e. The van der Waals surface area contributed by atoms with Crippen molar-refractivity contribution in [3.8, 4) is 22.5 Å². The van der Waals surface area contributed by atoms with Gasteiger partial charge in [0.1, 0.15) is 46.7 Å². The summed E-state index contributed by atoms with van der Waals surface area (Å²) >= 11 is 6.58. The number of aromatic nitrogens is 6. The summed E-state index contributed by atoms with van der Waals surface area (Å²) in [5.74, 6) is 1.15. The SMILES string of the molecule is CCc1nc2ccc(Br)cn2c1N(C)c1nc(-c2ccc(F)cc2)cs1.CCc1nc2ccc(N3CCN(C(=O)OC(C)(C)C)CC3=O)cn2c1N(C)c1nc(-c2ccc(F)cc2)cs1. The van der Waals surface area contributed by atoms with Gasteiger partial charge in [0.05, 0.1) is 28.5 Å². The van der Waals surface area contributed by atoms with Crippen LogP contribution in [-0.4, -0.2) is 85.0 Å². The number of hydrogen-bond donors (Lipinski definition) is 0. The number of fused-ring (bicyclic) bond motifs is 2. The highest BCUT2D eigenvalue weighted by molar-refractivity contribution is 9.10. The van der Waals surface area contributed by atoms with Crippen LogP contribution >= 0.6 is 38.6 Å². The number of thiazole rings is 2. The summed E-state index contributed by atoms with van der Waals surface area (Å²) in [6, 6.07) is 20.4. The number of halogens is 3. The summed E-state index contributed by atoms with van der Waals surface area (Å²) in [5, 5.41) is 5.56. The number of piperazine rings is 1. The molecule has 0 atom stereocenters. The fourth-order valence-corrected chi connectivity index (χ4v) is 9.36.